The van der Waals surface area contributed by atoms with Crippen molar-refractivity contribution in [2.75, 3.05) is 0 Å². The summed E-state index contributed by atoms with van der Waals surface area (Å²) in [6.07, 6.45) is 1.30. The maximum Gasteiger partial charge on any atom is 0.339 e. The van der Waals surface area contributed by atoms with E-state index in [-0.39, 0.29) is 5.56 Å². The summed E-state index contributed by atoms with van der Waals surface area (Å²) in [6, 6.07) is 7.37. The van der Waals surface area contributed by atoms with Crippen LogP contribution >= 0.6 is 15.9 Å². The molecule has 0 aliphatic rings. The number of hydrogen-bond donors (Lipinski definition) is 2. The molecule has 5 heteroatoms. The van der Waals surface area contributed by atoms with Crippen LogP contribution in [-0.2, 0) is 0 Å². The highest BCUT2D eigenvalue weighted by Crippen LogP contribution is 2.23. The van der Waals surface area contributed by atoms with Crippen molar-refractivity contribution in [1.29, 1.82) is 0 Å². The standard InChI is InChI=1S/C10H7BrN2O2/c11-7-3-1-2-6(4-7)9-8(10(14)15)5-12-13-9/h1-5H,(H,12,13)(H,14,15). The first-order valence-electron chi connectivity index (χ1n) is 4.21. The van der Waals surface area contributed by atoms with E-state index in [0.717, 1.165) is 10.0 Å². The summed E-state index contributed by atoms with van der Waals surface area (Å²) >= 11 is 3.33. The van der Waals surface area contributed by atoms with E-state index in [4.69, 9.17) is 5.11 Å². The number of aromatic carboxylic acids is 1. The fourth-order valence-corrected chi connectivity index (χ4v) is 1.71. The molecule has 0 saturated carbocycles. The third-order valence-electron chi connectivity index (χ3n) is 1.98. The van der Waals surface area contributed by atoms with Crippen LogP contribution in [0.5, 0.6) is 0 Å². The number of carboxylic acids is 1. The van der Waals surface area contributed by atoms with Gasteiger partial charge >= 0.3 is 5.97 Å². The van der Waals surface area contributed by atoms with Crippen molar-refractivity contribution >= 4 is 21.9 Å². The molecule has 0 bridgehead atoms. The Kier molecular flexibility index (Phi) is 2.55. The van der Waals surface area contributed by atoms with Crippen LogP contribution in [0.2, 0.25) is 0 Å². The number of rotatable bonds is 2. The van der Waals surface area contributed by atoms with E-state index in [9.17, 15) is 4.79 Å². The van der Waals surface area contributed by atoms with Gasteiger partial charge in [-0.2, -0.15) is 5.10 Å². The van der Waals surface area contributed by atoms with Gasteiger partial charge in [0, 0.05) is 10.0 Å². The van der Waals surface area contributed by atoms with Crippen LogP contribution in [0.3, 0.4) is 0 Å². The highest BCUT2D eigenvalue weighted by Gasteiger charge is 2.13. The Morgan fingerprint density at radius 3 is 2.93 bits per heavy atom. The number of H-pyrrole nitrogens is 1. The highest BCUT2D eigenvalue weighted by molar-refractivity contribution is 9.10. The van der Waals surface area contributed by atoms with Gasteiger partial charge in [-0.3, -0.25) is 5.10 Å². The smallest absolute Gasteiger partial charge is 0.339 e. The van der Waals surface area contributed by atoms with Gasteiger partial charge in [-0.1, -0.05) is 28.1 Å². The van der Waals surface area contributed by atoms with Gasteiger partial charge in [0.1, 0.15) is 5.56 Å². The van der Waals surface area contributed by atoms with Crippen LogP contribution in [0.1, 0.15) is 10.4 Å². The van der Waals surface area contributed by atoms with E-state index in [2.05, 4.69) is 26.1 Å². The predicted octanol–water partition coefficient (Wildman–Crippen LogP) is 2.54. The lowest BCUT2D eigenvalue weighted by Gasteiger charge is -2.00. The van der Waals surface area contributed by atoms with Crippen LogP contribution in [0.4, 0.5) is 0 Å². The number of benzene rings is 1. The first-order valence-corrected chi connectivity index (χ1v) is 5.00. The maximum atomic E-state index is 10.9. The van der Waals surface area contributed by atoms with Crippen molar-refractivity contribution in [2.24, 2.45) is 0 Å². The van der Waals surface area contributed by atoms with E-state index in [1.807, 2.05) is 24.3 Å². The number of nitrogens with one attached hydrogen (secondary N) is 1. The molecule has 1 aromatic carbocycles. The summed E-state index contributed by atoms with van der Waals surface area (Å²) in [6.45, 7) is 0. The predicted molar refractivity (Wildman–Crippen MR) is 58.7 cm³/mol. The monoisotopic (exact) mass is 266 g/mol. The SMILES string of the molecule is O=C(O)c1cn[nH]c1-c1cccc(Br)c1. The molecule has 0 unspecified atom stereocenters. The maximum absolute atomic E-state index is 10.9. The molecule has 0 aliphatic heterocycles. The second-order valence-electron chi connectivity index (χ2n) is 2.97. The molecule has 4 nitrogen and oxygen atoms in total. The zero-order valence-corrected chi connectivity index (χ0v) is 9.15. The Morgan fingerprint density at radius 1 is 1.47 bits per heavy atom. The Labute approximate surface area is 94.1 Å². The largest absolute Gasteiger partial charge is 0.478 e. The van der Waals surface area contributed by atoms with Crippen LogP contribution in [0, 0.1) is 0 Å². The first kappa shape index (κ1) is 9.92. The summed E-state index contributed by atoms with van der Waals surface area (Å²) in [5.41, 5.74) is 1.48. The number of halogens is 1. The van der Waals surface area contributed by atoms with Crippen LogP contribution < -0.4 is 0 Å². The molecular weight excluding hydrogens is 260 g/mol. The van der Waals surface area contributed by atoms with E-state index in [1.54, 1.807) is 0 Å². The van der Waals surface area contributed by atoms with Crippen molar-refractivity contribution in [2.45, 2.75) is 0 Å². The number of nitrogens with zero attached hydrogens (tertiary/aromatic N) is 1. The zero-order valence-electron chi connectivity index (χ0n) is 7.57. The fourth-order valence-electron chi connectivity index (χ4n) is 1.31. The third kappa shape index (κ3) is 1.92. The number of hydrogen-bond acceptors (Lipinski definition) is 2. The molecule has 0 amide bonds. The average molecular weight is 267 g/mol. The molecule has 2 N–H and O–H groups in total. The molecule has 1 aromatic heterocycles. The van der Waals surface area contributed by atoms with Gasteiger partial charge < -0.3 is 5.11 Å². The molecule has 0 aliphatic carbocycles. The number of aromatic amines is 1. The van der Waals surface area contributed by atoms with E-state index in [0.29, 0.717) is 5.69 Å². The Hall–Kier alpha value is -1.62. The number of carbonyl (C=O) groups is 1. The van der Waals surface area contributed by atoms with Crippen LogP contribution in [0.15, 0.2) is 34.9 Å². The van der Waals surface area contributed by atoms with Crippen molar-refractivity contribution in [1.82, 2.24) is 10.2 Å². The van der Waals surface area contributed by atoms with Crippen molar-refractivity contribution in [3.8, 4) is 11.3 Å². The van der Waals surface area contributed by atoms with Crippen molar-refractivity contribution < 1.29 is 9.90 Å². The van der Waals surface area contributed by atoms with Crippen molar-refractivity contribution in [3.63, 3.8) is 0 Å². The third-order valence-corrected chi connectivity index (χ3v) is 2.48. The molecule has 2 rings (SSSR count). The lowest BCUT2D eigenvalue weighted by Crippen LogP contribution is -1.96. The Bertz CT molecular complexity index is 508. The fraction of sp³-hybridized carbons (Fsp3) is 0. The van der Waals surface area contributed by atoms with E-state index >= 15 is 0 Å². The quantitative estimate of drug-likeness (QED) is 0.878. The van der Waals surface area contributed by atoms with Crippen LogP contribution in [-0.4, -0.2) is 21.3 Å². The zero-order chi connectivity index (χ0) is 10.8. The summed E-state index contributed by atoms with van der Waals surface area (Å²) in [5.74, 6) is -0.987. The lowest BCUT2D eigenvalue weighted by atomic mass is 10.1. The molecule has 76 valence electrons. The van der Waals surface area contributed by atoms with E-state index in [1.165, 1.54) is 6.20 Å². The first-order chi connectivity index (χ1) is 7.18. The van der Waals surface area contributed by atoms with E-state index < -0.39 is 5.97 Å². The second kappa shape index (κ2) is 3.86. The van der Waals surface area contributed by atoms with Crippen LogP contribution in [0.25, 0.3) is 11.3 Å². The summed E-state index contributed by atoms with van der Waals surface area (Å²) in [5, 5.41) is 15.3. The summed E-state index contributed by atoms with van der Waals surface area (Å²) < 4.78 is 0.894. The minimum Gasteiger partial charge on any atom is -0.478 e. The van der Waals surface area contributed by atoms with Gasteiger partial charge in [-0.25, -0.2) is 4.79 Å². The van der Waals surface area contributed by atoms with Gasteiger partial charge in [0.05, 0.1) is 11.9 Å². The molecule has 0 saturated heterocycles. The van der Waals surface area contributed by atoms with Gasteiger partial charge in [0.25, 0.3) is 0 Å². The Morgan fingerprint density at radius 2 is 2.27 bits per heavy atom. The van der Waals surface area contributed by atoms with Crippen molar-refractivity contribution in [3.05, 3.63) is 40.5 Å². The Balaban J connectivity index is 2.54. The topological polar surface area (TPSA) is 66.0 Å². The molecule has 15 heavy (non-hydrogen) atoms. The molecule has 2 aromatic rings. The van der Waals surface area contributed by atoms with Gasteiger partial charge in [-0.15, -0.1) is 0 Å². The summed E-state index contributed by atoms with van der Waals surface area (Å²) in [4.78, 5) is 10.9. The minimum absolute atomic E-state index is 0.174. The molecule has 1 heterocycles. The summed E-state index contributed by atoms with van der Waals surface area (Å²) in [7, 11) is 0. The molecule has 0 radical (unpaired) electrons. The highest BCUT2D eigenvalue weighted by atomic mass is 79.9. The lowest BCUT2D eigenvalue weighted by molar-refractivity contribution is 0.0698. The number of aromatic nitrogens is 2. The second-order valence-corrected chi connectivity index (χ2v) is 3.89. The average Bonchev–Trinajstić information content (AvgIpc) is 2.65. The molecule has 0 spiro atoms. The molecular formula is C10H7BrN2O2. The molecule has 0 atom stereocenters. The van der Waals surface area contributed by atoms with Gasteiger partial charge in [0.2, 0.25) is 0 Å². The number of carboxylic acid groups (broad SMARTS) is 1. The normalized spacial score (nSPS) is 10.2. The minimum atomic E-state index is -0.987. The molecule has 0 fully saturated rings. The van der Waals surface area contributed by atoms with Gasteiger partial charge in [0.15, 0.2) is 0 Å². The van der Waals surface area contributed by atoms with Gasteiger partial charge in [-0.05, 0) is 12.1 Å².